The van der Waals surface area contributed by atoms with E-state index in [1.54, 1.807) is 0 Å². The van der Waals surface area contributed by atoms with Crippen molar-refractivity contribution in [1.82, 2.24) is 0 Å². The van der Waals surface area contributed by atoms with Crippen molar-refractivity contribution in [3.05, 3.63) is 12.2 Å². The van der Waals surface area contributed by atoms with E-state index >= 15 is 0 Å². The Labute approximate surface area is 87.8 Å². The normalized spacial score (nSPS) is 28.4. The lowest BCUT2D eigenvalue weighted by atomic mass is 9.66. The summed E-state index contributed by atoms with van der Waals surface area (Å²) in [6.07, 6.45) is 10.4. The van der Waals surface area contributed by atoms with E-state index in [4.69, 9.17) is 5.26 Å². The molecule has 3 atom stereocenters. The van der Waals surface area contributed by atoms with Gasteiger partial charge in [0.15, 0.2) is 0 Å². The van der Waals surface area contributed by atoms with Crippen LogP contribution in [0.5, 0.6) is 0 Å². The van der Waals surface area contributed by atoms with Gasteiger partial charge in [-0.25, -0.2) is 0 Å². The molecule has 0 aromatic carbocycles. The van der Waals surface area contributed by atoms with E-state index in [2.05, 4.69) is 32.1 Å². The number of nitriles is 1. The minimum atomic E-state index is 0.675. The molecule has 0 heterocycles. The first-order valence-corrected chi connectivity index (χ1v) is 5.83. The molecular formula is C13H21N. The highest BCUT2D eigenvalue weighted by Gasteiger charge is 2.33. The summed E-state index contributed by atoms with van der Waals surface area (Å²) in [5, 5.41) is 8.65. The number of unbranched alkanes of at least 4 members (excludes halogenated alkanes) is 1. The first-order valence-electron chi connectivity index (χ1n) is 5.83. The van der Waals surface area contributed by atoms with Crippen LogP contribution >= 0.6 is 0 Å². The molecule has 0 amide bonds. The van der Waals surface area contributed by atoms with Crippen molar-refractivity contribution < 1.29 is 0 Å². The van der Waals surface area contributed by atoms with Gasteiger partial charge in [-0.3, -0.25) is 0 Å². The monoisotopic (exact) mass is 191 g/mol. The second-order valence-corrected chi connectivity index (χ2v) is 4.44. The van der Waals surface area contributed by atoms with E-state index in [1.165, 1.54) is 25.7 Å². The molecule has 1 saturated carbocycles. The van der Waals surface area contributed by atoms with Gasteiger partial charge in [0, 0.05) is 6.42 Å². The molecule has 1 fully saturated rings. The molecule has 1 aliphatic rings. The molecular weight excluding hydrogens is 170 g/mol. The van der Waals surface area contributed by atoms with E-state index < -0.39 is 0 Å². The second-order valence-electron chi connectivity index (χ2n) is 4.44. The van der Waals surface area contributed by atoms with Crippen molar-refractivity contribution in [1.29, 1.82) is 5.26 Å². The number of hydrogen-bond acceptors (Lipinski definition) is 1. The van der Waals surface area contributed by atoms with Crippen LogP contribution in [-0.4, -0.2) is 0 Å². The molecule has 1 heteroatoms. The maximum absolute atomic E-state index is 8.65. The van der Waals surface area contributed by atoms with Crippen LogP contribution in [0.15, 0.2) is 12.2 Å². The molecule has 14 heavy (non-hydrogen) atoms. The molecule has 0 saturated heterocycles. The predicted octanol–water partition coefficient (Wildman–Crippen LogP) is 3.92. The second kappa shape index (κ2) is 5.86. The van der Waals surface area contributed by atoms with Gasteiger partial charge in [0.2, 0.25) is 0 Å². The fourth-order valence-corrected chi connectivity index (χ4v) is 2.28. The van der Waals surface area contributed by atoms with Gasteiger partial charge in [-0.1, -0.05) is 32.4 Å². The van der Waals surface area contributed by atoms with E-state index in [9.17, 15) is 0 Å². The quantitative estimate of drug-likeness (QED) is 0.604. The van der Waals surface area contributed by atoms with E-state index in [-0.39, 0.29) is 0 Å². The van der Waals surface area contributed by atoms with Gasteiger partial charge in [0.1, 0.15) is 0 Å². The molecule has 1 aliphatic carbocycles. The lowest BCUT2D eigenvalue weighted by Crippen LogP contribution is -2.30. The fourth-order valence-electron chi connectivity index (χ4n) is 2.28. The summed E-state index contributed by atoms with van der Waals surface area (Å²) in [5.74, 6) is 2.14. The molecule has 1 rings (SSSR count). The van der Waals surface area contributed by atoms with Crippen LogP contribution in [0, 0.1) is 29.1 Å². The maximum atomic E-state index is 8.65. The van der Waals surface area contributed by atoms with Crippen LogP contribution in [0.2, 0.25) is 0 Å². The minimum absolute atomic E-state index is 0.675. The number of nitrogens with zero attached hydrogens (tertiary/aromatic N) is 1. The van der Waals surface area contributed by atoms with Gasteiger partial charge >= 0.3 is 0 Å². The third kappa shape index (κ3) is 2.87. The van der Waals surface area contributed by atoms with Gasteiger partial charge in [0.05, 0.1) is 6.07 Å². The summed E-state index contributed by atoms with van der Waals surface area (Å²) < 4.78 is 0. The zero-order chi connectivity index (χ0) is 10.4. The van der Waals surface area contributed by atoms with Crippen LogP contribution in [-0.2, 0) is 0 Å². The summed E-state index contributed by atoms with van der Waals surface area (Å²) in [7, 11) is 0. The molecule has 3 unspecified atom stereocenters. The molecule has 0 aromatic heterocycles. The summed E-state index contributed by atoms with van der Waals surface area (Å²) in [4.78, 5) is 0. The Morgan fingerprint density at radius 3 is 2.79 bits per heavy atom. The van der Waals surface area contributed by atoms with E-state index in [1.807, 2.05) is 0 Å². The third-order valence-corrected chi connectivity index (χ3v) is 3.40. The molecule has 0 spiro atoms. The van der Waals surface area contributed by atoms with Crippen LogP contribution in [0.25, 0.3) is 0 Å². The maximum Gasteiger partial charge on any atom is 0.0624 e. The molecule has 0 N–H and O–H groups in total. The van der Waals surface area contributed by atoms with Crippen LogP contribution in [0.4, 0.5) is 0 Å². The average Bonchev–Trinajstić information content (AvgIpc) is 2.13. The van der Waals surface area contributed by atoms with Crippen LogP contribution < -0.4 is 0 Å². The standard InChI is InChI=1S/C13H21N/c1-3-4-5-6-11(2)13-8-7-12(13)9-10-14/h5-6,11-13H,3-4,7-9H2,1-2H3/b6-5+. The van der Waals surface area contributed by atoms with Crippen LogP contribution in [0.3, 0.4) is 0 Å². The molecule has 0 bridgehead atoms. The summed E-state index contributed by atoms with van der Waals surface area (Å²) in [6.45, 7) is 4.50. The highest BCUT2D eigenvalue weighted by molar-refractivity contribution is 4.97. The number of rotatable bonds is 5. The highest BCUT2D eigenvalue weighted by atomic mass is 14.4. The molecule has 0 radical (unpaired) electrons. The number of hydrogen-bond donors (Lipinski definition) is 0. The SMILES string of the molecule is CCC/C=C/C(C)C1CCC1CC#N. The Balaban J connectivity index is 2.30. The van der Waals surface area contributed by atoms with E-state index in [0.29, 0.717) is 11.8 Å². The lowest BCUT2D eigenvalue weighted by molar-refractivity contribution is 0.139. The highest BCUT2D eigenvalue weighted by Crippen LogP contribution is 2.41. The van der Waals surface area contributed by atoms with Crippen LogP contribution in [0.1, 0.15) is 46.0 Å². The Morgan fingerprint density at radius 1 is 1.50 bits per heavy atom. The average molecular weight is 191 g/mol. The Morgan fingerprint density at radius 2 is 2.29 bits per heavy atom. The summed E-state index contributed by atoms with van der Waals surface area (Å²) in [5.41, 5.74) is 0. The van der Waals surface area contributed by atoms with Gasteiger partial charge in [-0.05, 0) is 37.0 Å². The first kappa shape index (κ1) is 11.3. The summed E-state index contributed by atoms with van der Waals surface area (Å²) >= 11 is 0. The number of allylic oxidation sites excluding steroid dienone is 2. The van der Waals surface area contributed by atoms with E-state index in [0.717, 1.165) is 12.3 Å². The van der Waals surface area contributed by atoms with Crippen molar-refractivity contribution in [3.8, 4) is 6.07 Å². The van der Waals surface area contributed by atoms with Crippen molar-refractivity contribution in [2.75, 3.05) is 0 Å². The van der Waals surface area contributed by atoms with Gasteiger partial charge in [0.25, 0.3) is 0 Å². The van der Waals surface area contributed by atoms with Gasteiger partial charge in [-0.15, -0.1) is 0 Å². The van der Waals surface area contributed by atoms with Crippen molar-refractivity contribution in [2.45, 2.75) is 46.0 Å². The smallest absolute Gasteiger partial charge is 0.0624 e. The topological polar surface area (TPSA) is 23.8 Å². The molecule has 78 valence electrons. The van der Waals surface area contributed by atoms with Crippen molar-refractivity contribution in [3.63, 3.8) is 0 Å². The zero-order valence-corrected chi connectivity index (χ0v) is 9.37. The Kier molecular flexibility index (Phi) is 4.73. The third-order valence-electron chi connectivity index (χ3n) is 3.40. The Bertz CT molecular complexity index is 224. The summed E-state index contributed by atoms with van der Waals surface area (Å²) in [6, 6.07) is 2.30. The zero-order valence-electron chi connectivity index (χ0n) is 9.37. The fraction of sp³-hybridized carbons (Fsp3) is 0.769. The lowest BCUT2D eigenvalue weighted by Gasteiger charge is -2.38. The molecule has 0 aliphatic heterocycles. The van der Waals surface area contributed by atoms with Gasteiger partial charge in [-0.2, -0.15) is 5.26 Å². The van der Waals surface area contributed by atoms with Crippen molar-refractivity contribution in [2.24, 2.45) is 17.8 Å². The minimum Gasteiger partial charge on any atom is -0.198 e. The molecule has 0 aromatic rings. The van der Waals surface area contributed by atoms with Gasteiger partial charge < -0.3 is 0 Å². The van der Waals surface area contributed by atoms with Crippen molar-refractivity contribution >= 4 is 0 Å². The molecule has 1 nitrogen and oxygen atoms in total. The Hall–Kier alpha value is -0.770. The largest absolute Gasteiger partial charge is 0.198 e. The predicted molar refractivity (Wildman–Crippen MR) is 59.7 cm³/mol. The first-order chi connectivity index (χ1) is 6.79.